The molecule has 1 aromatic heterocycles. The SMILES string of the molecule is Cc1ccc(S(=O)(=O)N[C@H](C)C(=O)NCc2ccco2)cc1. The molecule has 7 heteroatoms. The fraction of sp³-hybridized carbons (Fsp3) is 0.267. The monoisotopic (exact) mass is 322 g/mol. The summed E-state index contributed by atoms with van der Waals surface area (Å²) in [6.45, 7) is 3.57. The number of sulfonamides is 1. The summed E-state index contributed by atoms with van der Waals surface area (Å²) in [4.78, 5) is 12.1. The van der Waals surface area contributed by atoms with Crippen molar-refractivity contribution in [3.8, 4) is 0 Å². The van der Waals surface area contributed by atoms with Gasteiger partial charge in [-0.2, -0.15) is 4.72 Å². The Kier molecular flexibility index (Phi) is 4.99. The van der Waals surface area contributed by atoms with Crippen molar-refractivity contribution in [2.24, 2.45) is 0 Å². The smallest absolute Gasteiger partial charge is 0.241 e. The van der Waals surface area contributed by atoms with Crippen molar-refractivity contribution in [2.45, 2.75) is 31.3 Å². The first-order valence-corrected chi connectivity index (χ1v) is 8.26. The number of carbonyl (C=O) groups is 1. The summed E-state index contributed by atoms with van der Waals surface area (Å²) < 4.78 is 31.8. The van der Waals surface area contributed by atoms with Crippen molar-refractivity contribution in [3.63, 3.8) is 0 Å². The van der Waals surface area contributed by atoms with Gasteiger partial charge in [-0.1, -0.05) is 17.7 Å². The molecule has 0 aliphatic heterocycles. The number of benzene rings is 1. The fourth-order valence-electron chi connectivity index (χ4n) is 1.81. The van der Waals surface area contributed by atoms with E-state index in [0.717, 1.165) is 5.56 Å². The number of furan rings is 1. The maximum atomic E-state index is 12.2. The van der Waals surface area contributed by atoms with E-state index in [9.17, 15) is 13.2 Å². The third-order valence-electron chi connectivity index (χ3n) is 3.07. The van der Waals surface area contributed by atoms with Crippen LogP contribution in [0.15, 0.2) is 52.0 Å². The molecule has 2 aromatic rings. The van der Waals surface area contributed by atoms with Crippen molar-refractivity contribution in [1.29, 1.82) is 0 Å². The lowest BCUT2D eigenvalue weighted by Crippen LogP contribution is -2.44. The lowest BCUT2D eigenvalue weighted by Gasteiger charge is -2.14. The minimum atomic E-state index is -3.73. The van der Waals surface area contributed by atoms with Crippen molar-refractivity contribution < 1.29 is 17.6 Å². The molecular weight excluding hydrogens is 304 g/mol. The van der Waals surface area contributed by atoms with Crippen molar-refractivity contribution >= 4 is 15.9 Å². The third kappa shape index (κ3) is 4.19. The molecule has 0 unspecified atom stereocenters. The van der Waals surface area contributed by atoms with Gasteiger partial charge >= 0.3 is 0 Å². The third-order valence-corrected chi connectivity index (χ3v) is 4.63. The van der Waals surface area contributed by atoms with Crippen LogP contribution in [0.3, 0.4) is 0 Å². The van der Waals surface area contributed by atoms with Gasteiger partial charge in [0, 0.05) is 0 Å². The molecule has 0 fully saturated rings. The molecule has 0 aliphatic rings. The second-order valence-corrected chi connectivity index (χ2v) is 6.67. The summed E-state index contributed by atoms with van der Waals surface area (Å²) in [5, 5.41) is 2.61. The zero-order valence-electron chi connectivity index (χ0n) is 12.4. The van der Waals surface area contributed by atoms with Gasteiger partial charge in [-0.3, -0.25) is 4.79 Å². The average Bonchev–Trinajstić information content (AvgIpc) is 2.98. The van der Waals surface area contributed by atoms with E-state index in [4.69, 9.17) is 4.42 Å². The highest BCUT2D eigenvalue weighted by Crippen LogP contribution is 2.10. The Balaban J connectivity index is 1.96. The maximum Gasteiger partial charge on any atom is 0.241 e. The molecule has 2 rings (SSSR count). The summed E-state index contributed by atoms with van der Waals surface area (Å²) in [6.07, 6.45) is 1.50. The van der Waals surface area contributed by atoms with Gasteiger partial charge < -0.3 is 9.73 Å². The van der Waals surface area contributed by atoms with E-state index in [1.807, 2.05) is 6.92 Å². The van der Waals surface area contributed by atoms with E-state index in [1.54, 1.807) is 24.3 Å². The van der Waals surface area contributed by atoms with Gasteiger partial charge in [0.2, 0.25) is 15.9 Å². The van der Waals surface area contributed by atoms with Crippen molar-refractivity contribution in [3.05, 3.63) is 54.0 Å². The molecule has 1 heterocycles. The minimum absolute atomic E-state index is 0.129. The van der Waals surface area contributed by atoms with E-state index in [1.165, 1.54) is 25.3 Å². The van der Waals surface area contributed by atoms with Gasteiger partial charge in [0.25, 0.3) is 0 Å². The highest BCUT2D eigenvalue weighted by atomic mass is 32.2. The minimum Gasteiger partial charge on any atom is -0.467 e. The van der Waals surface area contributed by atoms with E-state index in [0.29, 0.717) is 5.76 Å². The van der Waals surface area contributed by atoms with Crippen LogP contribution in [0.1, 0.15) is 18.2 Å². The quantitative estimate of drug-likeness (QED) is 0.845. The van der Waals surface area contributed by atoms with Crippen molar-refractivity contribution in [1.82, 2.24) is 10.0 Å². The largest absolute Gasteiger partial charge is 0.467 e. The molecule has 0 bridgehead atoms. The standard InChI is InChI=1S/C15H18N2O4S/c1-11-5-7-14(8-6-11)22(19,20)17-12(2)15(18)16-10-13-4-3-9-21-13/h3-9,12,17H,10H2,1-2H3,(H,16,18)/t12-/m1/s1. The van der Waals surface area contributed by atoms with E-state index < -0.39 is 22.0 Å². The van der Waals surface area contributed by atoms with Crippen LogP contribution in [0.2, 0.25) is 0 Å². The van der Waals surface area contributed by atoms with Gasteiger partial charge in [0.15, 0.2) is 0 Å². The highest BCUT2D eigenvalue weighted by molar-refractivity contribution is 7.89. The van der Waals surface area contributed by atoms with Crippen LogP contribution < -0.4 is 10.0 Å². The first-order chi connectivity index (χ1) is 10.4. The molecule has 1 atom stereocenters. The predicted octanol–water partition coefficient (Wildman–Crippen LogP) is 1.57. The fourth-order valence-corrected chi connectivity index (χ4v) is 3.02. The van der Waals surface area contributed by atoms with E-state index in [-0.39, 0.29) is 11.4 Å². The highest BCUT2D eigenvalue weighted by Gasteiger charge is 2.21. The Hall–Kier alpha value is -2.12. The molecule has 0 radical (unpaired) electrons. The summed E-state index contributed by atoms with van der Waals surface area (Å²) in [5.74, 6) is 0.175. The lowest BCUT2D eigenvalue weighted by molar-refractivity contribution is -0.122. The summed E-state index contributed by atoms with van der Waals surface area (Å²) >= 11 is 0. The number of nitrogens with one attached hydrogen (secondary N) is 2. The normalized spacial score (nSPS) is 12.8. The number of aryl methyl sites for hydroxylation is 1. The molecule has 1 amide bonds. The van der Waals surface area contributed by atoms with E-state index >= 15 is 0 Å². The zero-order chi connectivity index (χ0) is 16.2. The Morgan fingerprint density at radius 3 is 2.50 bits per heavy atom. The van der Waals surface area contributed by atoms with E-state index in [2.05, 4.69) is 10.0 Å². The Labute approximate surface area is 129 Å². The second kappa shape index (κ2) is 6.76. The van der Waals surface area contributed by atoms with Crippen LogP contribution in [0.25, 0.3) is 0 Å². The molecule has 0 spiro atoms. The molecule has 0 aliphatic carbocycles. The lowest BCUT2D eigenvalue weighted by atomic mass is 10.2. The Morgan fingerprint density at radius 1 is 1.23 bits per heavy atom. The van der Waals surface area contributed by atoms with Crippen LogP contribution >= 0.6 is 0 Å². The first-order valence-electron chi connectivity index (χ1n) is 6.77. The molecule has 1 aromatic carbocycles. The molecule has 0 saturated carbocycles. The van der Waals surface area contributed by atoms with Gasteiger partial charge in [-0.25, -0.2) is 8.42 Å². The molecule has 2 N–H and O–H groups in total. The van der Waals surface area contributed by atoms with Gasteiger partial charge in [0.05, 0.1) is 23.7 Å². The predicted molar refractivity (Wildman–Crippen MR) is 81.5 cm³/mol. The van der Waals surface area contributed by atoms with Crippen LogP contribution in [-0.4, -0.2) is 20.4 Å². The number of carbonyl (C=O) groups excluding carboxylic acids is 1. The van der Waals surface area contributed by atoms with Crippen LogP contribution in [-0.2, 0) is 21.4 Å². The summed E-state index contributed by atoms with van der Waals surface area (Å²) in [7, 11) is -3.73. The molecule has 0 saturated heterocycles. The second-order valence-electron chi connectivity index (χ2n) is 4.95. The van der Waals surface area contributed by atoms with Crippen molar-refractivity contribution in [2.75, 3.05) is 0 Å². The maximum absolute atomic E-state index is 12.2. The molecular formula is C15H18N2O4S. The first kappa shape index (κ1) is 16.3. The van der Waals surface area contributed by atoms with Crippen LogP contribution in [0, 0.1) is 6.92 Å². The Bertz CT molecular complexity index is 721. The Morgan fingerprint density at radius 2 is 1.91 bits per heavy atom. The topological polar surface area (TPSA) is 88.4 Å². The summed E-state index contributed by atoms with van der Waals surface area (Å²) in [6, 6.07) is 8.97. The average molecular weight is 322 g/mol. The number of hydrogen-bond acceptors (Lipinski definition) is 4. The summed E-state index contributed by atoms with van der Waals surface area (Å²) in [5.41, 5.74) is 0.961. The number of rotatable bonds is 6. The van der Waals surface area contributed by atoms with Crippen LogP contribution in [0.5, 0.6) is 0 Å². The molecule has 6 nitrogen and oxygen atoms in total. The molecule has 22 heavy (non-hydrogen) atoms. The van der Waals surface area contributed by atoms with Crippen LogP contribution in [0.4, 0.5) is 0 Å². The number of hydrogen-bond donors (Lipinski definition) is 2. The number of amides is 1. The van der Waals surface area contributed by atoms with Gasteiger partial charge in [-0.15, -0.1) is 0 Å². The molecule has 118 valence electrons. The van der Waals surface area contributed by atoms with Gasteiger partial charge in [0.1, 0.15) is 5.76 Å². The zero-order valence-corrected chi connectivity index (χ0v) is 13.2. The van der Waals surface area contributed by atoms with Gasteiger partial charge in [-0.05, 0) is 38.1 Å².